The Morgan fingerprint density at radius 1 is 0.952 bits per heavy atom. The molecule has 0 bridgehead atoms. The molecule has 116 valence electrons. The second-order valence-electron chi connectivity index (χ2n) is 6.10. The smallest absolute Gasteiger partial charge is 0.231 e. The average Bonchev–Trinajstić information content (AvgIpc) is 2.98. The fourth-order valence-corrected chi connectivity index (χ4v) is 3.20. The van der Waals surface area contributed by atoms with Crippen LogP contribution in [0.5, 0.6) is 0 Å². The number of hydrogen-bond donors (Lipinski definition) is 0. The van der Waals surface area contributed by atoms with E-state index in [2.05, 4.69) is 43.7 Å². The zero-order valence-electron chi connectivity index (χ0n) is 12.8. The number of likely N-dealkylation sites (N-methyl/N-ethyl adjacent to an activating group) is 1. The Balaban J connectivity index is 1.78. The number of anilines is 2. The lowest BCUT2D eigenvalue weighted by atomic mass is 10.1. The molecule has 0 radical (unpaired) electrons. The predicted molar refractivity (Wildman–Crippen MR) is 85.2 cm³/mol. The van der Waals surface area contributed by atoms with Gasteiger partial charge in [0.1, 0.15) is 0 Å². The SMILES string of the molecule is CN(C)C1CCN(c2nc(Cl)nc(N3CCCCC3)n2)C1. The Hall–Kier alpha value is -1.14. The molecule has 0 spiro atoms. The van der Waals surface area contributed by atoms with Crippen LogP contribution in [-0.4, -0.2) is 66.2 Å². The van der Waals surface area contributed by atoms with Gasteiger partial charge < -0.3 is 14.7 Å². The van der Waals surface area contributed by atoms with Crippen molar-refractivity contribution in [3.8, 4) is 0 Å². The van der Waals surface area contributed by atoms with Crippen LogP contribution < -0.4 is 9.80 Å². The van der Waals surface area contributed by atoms with Crippen molar-refractivity contribution in [1.82, 2.24) is 19.9 Å². The summed E-state index contributed by atoms with van der Waals surface area (Å²) in [5, 5.41) is 0.300. The van der Waals surface area contributed by atoms with Gasteiger partial charge in [-0.3, -0.25) is 0 Å². The predicted octanol–water partition coefficient (Wildman–Crippen LogP) is 1.66. The van der Waals surface area contributed by atoms with Crippen LogP contribution in [0, 0.1) is 0 Å². The second kappa shape index (κ2) is 6.32. The van der Waals surface area contributed by atoms with E-state index >= 15 is 0 Å². The largest absolute Gasteiger partial charge is 0.341 e. The number of nitrogens with zero attached hydrogens (tertiary/aromatic N) is 6. The summed E-state index contributed by atoms with van der Waals surface area (Å²) in [7, 11) is 4.24. The maximum Gasteiger partial charge on any atom is 0.231 e. The van der Waals surface area contributed by atoms with Gasteiger partial charge in [0.2, 0.25) is 17.2 Å². The monoisotopic (exact) mass is 310 g/mol. The van der Waals surface area contributed by atoms with Gasteiger partial charge in [-0.1, -0.05) is 0 Å². The highest BCUT2D eigenvalue weighted by molar-refractivity contribution is 6.28. The molecule has 2 saturated heterocycles. The third-order valence-electron chi connectivity index (χ3n) is 4.40. The summed E-state index contributed by atoms with van der Waals surface area (Å²) in [6.07, 6.45) is 4.82. The number of rotatable bonds is 3. The maximum atomic E-state index is 6.12. The van der Waals surface area contributed by atoms with E-state index in [4.69, 9.17) is 11.6 Å². The molecule has 1 aromatic heterocycles. The molecule has 0 saturated carbocycles. The van der Waals surface area contributed by atoms with Crippen molar-refractivity contribution in [3.05, 3.63) is 5.28 Å². The molecular formula is C14H23ClN6. The number of halogens is 1. The molecule has 0 aliphatic carbocycles. The molecule has 1 atom stereocenters. The highest BCUT2D eigenvalue weighted by Crippen LogP contribution is 2.23. The van der Waals surface area contributed by atoms with E-state index in [1.807, 2.05) is 0 Å². The summed E-state index contributed by atoms with van der Waals surface area (Å²) in [5.41, 5.74) is 0. The van der Waals surface area contributed by atoms with E-state index in [9.17, 15) is 0 Å². The van der Waals surface area contributed by atoms with Crippen LogP contribution in [-0.2, 0) is 0 Å². The molecule has 3 rings (SSSR count). The van der Waals surface area contributed by atoms with Crippen molar-refractivity contribution < 1.29 is 0 Å². The third-order valence-corrected chi connectivity index (χ3v) is 4.57. The van der Waals surface area contributed by atoms with E-state index in [1.54, 1.807) is 0 Å². The lowest BCUT2D eigenvalue weighted by Gasteiger charge is -2.27. The lowest BCUT2D eigenvalue weighted by Crippen LogP contribution is -2.34. The van der Waals surface area contributed by atoms with Gasteiger partial charge in [0, 0.05) is 32.2 Å². The van der Waals surface area contributed by atoms with E-state index in [0.717, 1.165) is 44.5 Å². The maximum absolute atomic E-state index is 6.12. The van der Waals surface area contributed by atoms with Crippen LogP contribution in [0.3, 0.4) is 0 Å². The Bertz CT molecular complexity index is 488. The summed E-state index contributed by atoms with van der Waals surface area (Å²) >= 11 is 6.12. The normalized spacial score (nSPS) is 23.1. The van der Waals surface area contributed by atoms with Crippen molar-refractivity contribution in [1.29, 1.82) is 0 Å². The molecule has 2 fully saturated rings. The Kier molecular flexibility index (Phi) is 4.45. The summed E-state index contributed by atoms with van der Waals surface area (Å²) in [6.45, 7) is 3.95. The van der Waals surface area contributed by atoms with Crippen molar-refractivity contribution in [2.24, 2.45) is 0 Å². The summed E-state index contributed by atoms with van der Waals surface area (Å²) < 4.78 is 0. The van der Waals surface area contributed by atoms with Crippen LogP contribution in [0.15, 0.2) is 0 Å². The van der Waals surface area contributed by atoms with Gasteiger partial charge in [0.25, 0.3) is 0 Å². The quantitative estimate of drug-likeness (QED) is 0.846. The molecule has 0 aromatic carbocycles. The minimum Gasteiger partial charge on any atom is -0.341 e. The molecule has 21 heavy (non-hydrogen) atoms. The molecule has 6 nitrogen and oxygen atoms in total. The Labute approximate surface area is 131 Å². The first-order valence-corrected chi connectivity index (χ1v) is 8.09. The average molecular weight is 311 g/mol. The van der Waals surface area contributed by atoms with Gasteiger partial charge in [-0.05, 0) is 51.4 Å². The molecular weight excluding hydrogens is 288 g/mol. The molecule has 1 unspecified atom stereocenters. The molecule has 2 aliphatic rings. The highest BCUT2D eigenvalue weighted by Gasteiger charge is 2.27. The first kappa shape index (κ1) is 14.8. The van der Waals surface area contributed by atoms with Crippen molar-refractivity contribution >= 4 is 23.5 Å². The molecule has 7 heteroatoms. The van der Waals surface area contributed by atoms with E-state index in [-0.39, 0.29) is 0 Å². The molecule has 3 heterocycles. The van der Waals surface area contributed by atoms with Gasteiger partial charge in [-0.25, -0.2) is 0 Å². The van der Waals surface area contributed by atoms with Gasteiger partial charge >= 0.3 is 0 Å². The van der Waals surface area contributed by atoms with E-state index < -0.39 is 0 Å². The van der Waals surface area contributed by atoms with Crippen molar-refractivity contribution in [3.63, 3.8) is 0 Å². The van der Waals surface area contributed by atoms with Crippen LogP contribution in [0.2, 0.25) is 5.28 Å². The van der Waals surface area contributed by atoms with E-state index in [0.29, 0.717) is 11.3 Å². The second-order valence-corrected chi connectivity index (χ2v) is 6.44. The van der Waals surface area contributed by atoms with Gasteiger partial charge in [-0.2, -0.15) is 15.0 Å². The first-order valence-electron chi connectivity index (χ1n) is 7.71. The molecule has 1 aromatic rings. The van der Waals surface area contributed by atoms with Crippen molar-refractivity contribution in [2.75, 3.05) is 50.1 Å². The lowest BCUT2D eigenvalue weighted by molar-refractivity contribution is 0.315. The minimum atomic E-state index is 0.300. The standard InChI is InChI=1S/C14H23ClN6/c1-19(2)11-6-9-21(10-11)14-17-12(15)16-13(18-14)20-7-4-3-5-8-20/h11H,3-10H2,1-2H3. The fourth-order valence-electron chi connectivity index (χ4n) is 3.05. The highest BCUT2D eigenvalue weighted by atomic mass is 35.5. The topological polar surface area (TPSA) is 48.4 Å². The number of piperidine rings is 1. The summed E-state index contributed by atoms with van der Waals surface area (Å²) in [4.78, 5) is 20.0. The van der Waals surface area contributed by atoms with Gasteiger partial charge in [0.15, 0.2) is 0 Å². The van der Waals surface area contributed by atoms with Gasteiger partial charge in [-0.15, -0.1) is 0 Å². The molecule has 2 aliphatic heterocycles. The zero-order chi connectivity index (χ0) is 14.8. The van der Waals surface area contributed by atoms with Crippen molar-refractivity contribution in [2.45, 2.75) is 31.7 Å². The Morgan fingerprint density at radius 3 is 2.24 bits per heavy atom. The number of hydrogen-bond acceptors (Lipinski definition) is 6. The fraction of sp³-hybridized carbons (Fsp3) is 0.786. The number of aromatic nitrogens is 3. The summed E-state index contributed by atoms with van der Waals surface area (Å²) in [6, 6.07) is 0.555. The van der Waals surface area contributed by atoms with Crippen LogP contribution in [0.4, 0.5) is 11.9 Å². The first-order chi connectivity index (χ1) is 10.1. The van der Waals surface area contributed by atoms with Crippen LogP contribution >= 0.6 is 11.6 Å². The third kappa shape index (κ3) is 3.37. The molecule has 0 amide bonds. The Morgan fingerprint density at radius 2 is 1.62 bits per heavy atom. The van der Waals surface area contributed by atoms with E-state index in [1.165, 1.54) is 19.3 Å². The zero-order valence-corrected chi connectivity index (χ0v) is 13.6. The summed E-state index contributed by atoms with van der Waals surface area (Å²) in [5.74, 6) is 1.46. The van der Waals surface area contributed by atoms with Crippen LogP contribution in [0.25, 0.3) is 0 Å². The molecule has 0 N–H and O–H groups in total. The van der Waals surface area contributed by atoms with Gasteiger partial charge in [0.05, 0.1) is 0 Å². The minimum absolute atomic E-state index is 0.300. The van der Waals surface area contributed by atoms with Crippen LogP contribution in [0.1, 0.15) is 25.7 Å².